The molecule has 17 heavy (non-hydrogen) atoms. The minimum absolute atomic E-state index is 0.239. The van der Waals surface area contributed by atoms with Crippen LogP contribution in [0.15, 0.2) is 0 Å². The maximum Gasteiger partial charge on any atom is 0.0598 e. The van der Waals surface area contributed by atoms with Gasteiger partial charge in [-0.2, -0.15) is 0 Å². The Bertz CT molecular complexity index is 239. The summed E-state index contributed by atoms with van der Waals surface area (Å²) in [5.74, 6) is 3.32. The Morgan fingerprint density at radius 2 is 2.06 bits per heavy atom. The van der Waals surface area contributed by atoms with E-state index in [-0.39, 0.29) is 12.6 Å². The number of aliphatic hydroxyl groups is 1. The van der Waals surface area contributed by atoms with Gasteiger partial charge in [0.2, 0.25) is 0 Å². The summed E-state index contributed by atoms with van der Waals surface area (Å²) in [7, 11) is 0. The van der Waals surface area contributed by atoms with Crippen LogP contribution in [0.25, 0.3) is 0 Å². The van der Waals surface area contributed by atoms with Crippen LogP contribution >= 0.6 is 0 Å². The van der Waals surface area contributed by atoms with Crippen LogP contribution in [-0.2, 0) is 0 Å². The van der Waals surface area contributed by atoms with Gasteiger partial charge in [-0.15, -0.1) is 6.42 Å². The summed E-state index contributed by atoms with van der Waals surface area (Å²) in [5.41, 5.74) is 0. The molecule has 2 N–H and O–H groups in total. The smallest absolute Gasteiger partial charge is 0.0598 e. The Hall–Kier alpha value is -0.560. The first-order valence-electron chi connectivity index (χ1n) is 6.68. The van der Waals surface area contributed by atoms with Crippen molar-refractivity contribution in [3.63, 3.8) is 0 Å². The lowest BCUT2D eigenvalue weighted by Gasteiger charge is -2.33. The van der Waals surface area contributed by atoms with Gasteiger partial charge in [0.25, 0.3) is 0 Å². The van der Waals surface area contributed by atoms with E-state index in [1.807, 2.05) is 0 Å². The highest BCUT2D eigenvalue weighted by Gasteiger charge is 2.21. The number of aliphatic hydroxyl groups excluding tert-OH is 1. The molecule has 1 fully saturated rings. The Labute approximate surface area is 106 Å². The van der Waals surface area contributed by atoms with Gasteiger partial charge in [0.1, 0.15) is 0 Å². The zero-order chi connectivity index (χ0) is 12.7. The predicted molar refractivity (Wildman–Crippen MR) is 71.8 cm³/mol. The van der Waals surface area contributed by atoms with Crippen LogP contribution < -0.4 is 5.32 Å². The standard InChI is InChI=1S/C14H26N2O/c1-4-7-16-8-5-13(6-9-16)15-14(11-17)10-12(2)3/h1,12-15,17H,5-11H2,2-3H3. The lowest BCUT2D eigenvalue weighted by Crippen LogP contribution is -2.47. The highest BCUT2D eigenvalue weighted by Crippen LogP contribution is 2.12. The van der Waals surface area contributed by atoms with E-state index in [0.29, 0.717) is 12.0 Å². The average molecular weight is 238 g/mol. The van der Waals surface area contributed by atoms with Gasteiger partial charge in [0, 0.05) is 25.2 Å². The third kappa shape index (κ3) is 5.54. The van der Waals surface area contributed by atoms with Gasteiger partial charge in [-0.05, 0) is 25.2 Å². The normalized spacial score (nSPS) is 20.4. The van der Waals surface area contributed by atoms with Crippen molar-refractivity contribution in [2.75, 3.05) is 26.2 Å². The van der Waals surface area contributed by atoms with E-state index in [1.54, 1.807) is 0 Å². The molecule has 1 aliphatic rings. The molecule has 0 aromatic carbocycles. The van der Waals surface area contributed by atoms with Crippen molar-refractivity contribution in [2.24, 2.45) is 5.92 Å². The minimum Gasteiger partial charge on any atom is -0.395 e. The molecule has 0 amide bonds. The van der Waals surface area contributed by atoms with Gasteiger partial charge in [0.15, 0.2) is 0 Å². The minimum atomic E-state index is 0.239. The Kier molecular flexibility index (Phi) is 6.57. The molecule has 0 aromatic rings. The number of piperidine rings is 1. The molecule has 1 aliphatic heterocycles. The van der Waals surface area contributed by atoms with Crippen molar-refractivity contribution in [3.05, 3.63) is 0 Å². The average Bonchev–Trinajstić information content (AvgIpc) is 2.30. The molecule has 1 heterocycles. The number of nitrogens with one attached hydrogen (secondary N) is 1. The fourth-order valence-electron chi connectivity index (χ4n) is 2.48. The van der Waals surface area contributed by atoms with Gasteiger partial charge in [-0.25, -0.2) is 0 Å². The Morgan fingerprint density at radius 3 is 2.53 bits per heavy atom. The first-order chi connectivity index (χ1) is 8.15. The highest BCUT2D eigenvalue weighted by molar-refractivity contribution is 4.90. The lowest BCUT2D eigenvalue weighted by atomic mass is 10.00. The molecular formula is C14H26N2O. The number of nitrogens with zero attached hydrogens (tertiary/aromatic N) is 1. The van der Waals surface area contributed by atoms with Crippen molar-refractivity contribution in [2.45, 2.75) is 45.2 Å². The monoisotopic (exact) mass is 238 g/mol. The molecule has 3 nitrogen and oxygen atoms in total. The number of hydrogen-bond acceptors (Lipinski definition) is 3. The van der Waals surface area contributed by atoms with E-state index in [9.17, 15) is 5.11 Å². The summed E-state index contributed by atoms with van der Waals surface area (Å²) in [4.78, 5) is 2.31. The van der Waals surface area contributed by atoms with Crippen LogP contribution in [0.4, 0.5) is 0 Å². The summed E-state index contributed by atoms with van der Waals surface area (Å²) >= 11 is 0. The van der Waals surface area contributed by atoms with Crippen LogP contribution in [0.2, 0.25) is 0 Å². The second kappa shape index (κ2) is 7.71. The van der Waals surface area contributed by atoms with E-state index in [2.05, 4.69) is 30.0 Å². The van der Waals surface area contributed by atoms with Crippen LogP contribution in [0, 0.1) is 18.3 Å². The van der Waals surface area contributed by atoms with Crippen molar-refractivity contribution >= 4 is 0 Å². The zero-order valence-electron chi connectivity index (χ0n) is 11.2. The molecule has 0 saturated carbocycles. The molecule has 0 aliphatic carbocycles. The van der Waals surface area contributed by atoms with Crippen molar-refractivity contribution in [1.29, 1.82) is 0 Å². The second-order valence-electron chi connectivity index (χ2n) is 5.43. The van der Waals surface area contributed by atoms with Crippen LogP contribution in [0.5, 0.6) is 0 Å². The van der Waals surface area contributed by atoms with Crippen molar-refractivity contribution in [1.82, 2.24) is 10.2 Å². The van der Waals surface area contributed by atoms with E-state index in [1.165, 1.54) is 0 Å². The molecule has 0 radical (unpaired) electrons. The van der Waals surface area contributed by atoms with Crippen LogP contribution in [0.3, 0.4) is 0 Å². The van der Waals surface area contributed by atoms with Gasteiger partial charge in [0.05, 0.1) is 13.2 Å². The number of likely N-dealkylation sites (tertiary alicyclic amines) is 1. The molecule has 1 atom stereocenters. The second-order valence-corrected chi connectivity index (χ2v) is 5.43. The number of hydrogen-bond donors (Lipinski definition) is 2. The number of terminal acetylenes is 1. The van der Waals surface area contributed by atoms with Gasteiger partial charge in [-0.1, -0.05) is 19.8 Å². The fourth-order valence-corrected chi connectivity index (χ4v) is 2.48. The summed E-state index contributed by atoms with van der Waals surface area (Å²) in [6.45, 7) is 7.54. The summed E-state index contributed by atoms with van der Waals surface area (Å²) < 4.78 is 0. The molecule has 0 spiro atoms. The molecular weight excluding hydrogens is 212 g/mol. The SMILES string of the molecule is C#CCN1CCC(NC(CO)CC(C)C)CC1. The van der Waals surface area contributed by atoms with Gasteiger partial charge < -0.3 is 10.4 Å². The van der Waals surface area contributed by atoms with E-state index in [4.69, 9.17) is 6.42 Å². The molecule has 1 unspecified atom stereocenters. The number of rotatable bonds is 6. The first kappa shape index (κ1) is 14.5. The topological polar surface area (TPSA) is 35.5 Å². The van der Waals surface area contributed by atoms with E-state index < -0.39 is 0 Å². The molecule has 1 saturated heterocycles. The molecule has 98 valence electrons. The quantitative estimate of drug-likeness (QED) is 0.680. The molecule has 0 bridgehead atoms. The van der Waals surface area contributed by atoms with E-state index >= 15 is 0 Å². The fraction of sp³-hybridized carbons (Fsp3) is 0.857. The Morgan fingerprint density at radius 1 is 1.41 bits per heavy atom. The zero-order valence-corrected chi connectivity index (χ0v) is 11.2. The molecule has 0 aromatic heterocycles. The largest absolute Gasteiger partial charge is 0.395 e. The molecule has 3 heteroatoms. The van der Waals surface area contributed by atoms with Gasteiger partial charge in [-0.3, -0.25) is 4.90 Å². The predicted octanol–water partition coefficient (Wildman–Crippen LogP) is 1.08. The summed E-state index contributed by atoms with van der Waals surface area (Å²) in [5, 5.41) is 12.9. The third-order valence-corrected chi connectivity index (χ3v) is 3.35. The third-order valence-electron chi connectivity index (χ3n) is 3.35. The highest BCUT2D eigenvalue weighted by atomic mass is 16.3. The van der Waals surface area contributed by atoms with Crippen LogP contribution in [-0.4, -0.2) is 48.3 Å². The van der Waals surface area contributed by atoms with Crippen molar-refractivity contribution < 1.29 is 5.11 Å². The van der Waals surface area contributed by atoms with Crippen LogP contribution in [0.1, 0.15) is 33.1 Å². The van der Waals surface area contributed by atoms with E-state index in [0.717, 1.165) is 38.9 Å². The van der Waals surface area contributed by atoms with Crippen molar-refractivity contribution in [3.8, 4) is 12.3 Å². The summed E-state index contributed by atoms with van der Waals surface area (Å²) in [6, 6.07) is 0.791. The van der Waals surface area contributed by atoms with Gasteiger partial charge >= 0.3 is 0 Å². The summed E-state index contributed by atoms with van der Waals surface area (Å²) in [6.07, 6.45) is 8.62. The maximum atomic E-state index is 9.34. The Balaban J connectivity index is 2.26. The maximum absolute atomic E-state index is 9.34. The first-order valence-corrected chi connectivity index (χ1v) is 6.68. The molecule has 1 rings (SSSR count). The lowest BCUT2D eigenvalue weighted by molar-refractivity contribution is 0.172.